The number of nitrogens with zero attached hydrogens (tertiary/aromatic N) is 2. The molecule has 7 heteroatoms. The number of ether oxygens (including phenoxy) is 2. The molecule has 0 aliphatic carbocycles. The van der Waals surface area contributed by atoms with Gasteiger partial charge in [-0.3, -0.25) is 4.79 Å². The van der Waals surface area contributed by atoms with Crippen LogP contribution in [0.1, 0.15) is 16.1 Å². The zero-order valence-electron chi connectivity index (χ0n) is 16.1. The molecule has 0 saturated carbocycles. The second kappa shape index (κ2) is 8.37. The second-order valence-electron chi connectivity index (χ2n) is 6.37. The van der Waals surface area contributed by atoms with Crippen LogP contribution < -0.4 is 14.9 Å². The van der Waals surface area contributed by atoms with Gasteiger partial charge in [-0.1, -0.05) is 30.3 Å². The number of fused-ring (bicyclic) bond motifs is 3. The quantitative estimate of drug-likeness (QED) is 0.386. The molecule has 0 fully saturated rings. The van der Waals surface area contributed by atoms with Gasteiger partial charge in [0.25, 0.3) is 0 Å². The molecular weight excluding hydrogens is 382 g/mol. The summed E-state index contributed by atoms with van der Waals surface area (Å²) in [6.07, 6.45) is 1.48. The molecule has 1 aromatic heterocycles. The Labute approximate surface area is 172 Å². The summed E-state index contributed by atoms with van der Waals surface area (Å²) in [5.74, 6) is 0.642. The summed E-state index contributed by atoms with van der Waals surface area (Å²) in [4.78, 5) is 12.4. The van der Waals surface area contributed by atoms with Crippen molar-refractivity contribution in [2.45, 2.75) is 0 Å². The molecule has 30 heavy (non-hydrogen) atoms. The number of carbonyl (C=O) groups excluding carboxylic acids is 1. The predicted molar refractivity (Wildman–Crippen MR) is 113 cm³/mol. The highest BCUT2D eigenvalue weighted by Gasteiger charge is 2.13. The molecule has 7 nitrogen and oxygen atoms in total. The highest BCUT2D eigenvalue weighted by atomic mass is 16.5. The van der Waals surface area contributed by atoms with E-state index in [1.807, 2.05) is 42.5 Å². The van der Waals surface area contributed by atoms with Gasteiger partial charge in [0, 0.05) is 5.39 Å². The molecule has 0 spiro atoms. The van der Waals surface area contributed by atoms with E-state index in [4.69, 9.17) is 19.2 Å². The van der Waals surface area contributed by atoms with Crippen molar-refractivity contribution in [2.75, 3.05) is 13.7 Å². The van der Waals surface area contributed by atoms with Crippen LogP contribution in [0, 0.1) is 11.3 Å². The highest BCUT2D eigenvalue weighted by Crippen LogP contribution is 2.28. The summed E-state index contributed by atoms with van der Waals surface area (Å²) in [6.45, 7) is -0.0767. The van der Waals surface area contributed by atoms with E-state index in [2.05, 4.69) is 10.5 Å². The molecule has 0 aliphatic heterocycles. The van der Waals surface area contributed by atoms with Gasteiger partial charge in [-0.15, -0.1) is 0 Å². The SMILES string of the molecule is COc1cc(/C=N/NC(=O)c2cc3c(ccc4ccccc43)o2)ccc1OCC#N. The van der Waals surface area contributed by atoms with Crippen molar-refractivity contribution in [1.29, 1.82) is 5.26 Å². The van der Waals surface area contributed by atoms with Crippen LogP contribution in [-0.4, -0.2) is 25.8 Å². The first kappa shape index (κ1) is 19.0. The summed E-state index contributed by atoms with van der Waals surface area (Å²) < 4.78 is 16.2. The normalized spacial score (nSPS) is 10.9. The van der Waals surface area contributed by atoms with Gasteiger partial charge in [-0.25, -0.2) is 5.43 Å². The van der Waals surface area contributed by atoms with Crippen LogP contribution >= 0.6 is 0 Å². The molecule has 4 rings (SSSR count). The number of amides is 1. The molecule has 0 unspecified atom stereocenters. The molecule has 0 saturated heterocycles. The van der Waals surface area contributed by atoms with E-state index in [1.165, 1.54) is 13.3 Å². The van der Waals surface area contributed by atoms with Gasteiger partial charge in [0.05, 0.1) is 13.3 Å². The first-order valence-electron chi connectivity index (χ1n) is 9.12. The lowest BCUT2D eigenvalue weighted by Crippen LogP contribution is -2.16. The summed E-state index contributed by atoms with van der Waals surface area (Å²) in [5, 5.41) is 15.6. The molecule has 3 aromatic carbocycles. The fourth-order valence-electron chi connectivity index (χ4n) is 3.12. The van der Waals surface area contributed by atoms with Gasteiger partial charge in [0.15, 0.2) is 23.9 Å². The lowest BCUT2D eigenvalue weighted by molar-refractivity contribution is 0.0929. The first-order chi connectivity index (χ1) is 14.7. The van der Waals surface area contributed by atoms with E-state index < -0.39 is 5.91 Å². The third-order valence-corrected chi connectivity index (χ3v) is 4.51. The van der Waals surface area contributed by atoms with Crippen LogP contribution in [0.25, 0.3) is 21.7 Å². The Morgan fingerprint density at radius 3 is 2.83 bits per heavy atom. The van der Waals surface area contributed by atoms with Crippen LogP contribution in [0.2, 0.25) is 0 Å². The lowest BCUT2D eigenvalue weighted by Gasteiger charge is -2.08. The van der Waals surface area contributed by atoms with Crippen molar-refractivity contribution in [3.05, 3.63) is 72.0 Å². The van der Waals surface area contributed by atoms with Crippen LogP contribution in [0.4, 0.5) is 0 Å². The zero-order chi connectivity index (χ0) is 20.9. The van der Waals surface area contributed by atoms with Gasteiger partial charge in [-0.2, -0.15) is 10.4 Å². The van der Waals surface area contributed by atoms with Crippen LogP contribution in [0.15, 0.2) is 70.2 Å². The van der Waals surface area contributed by atoms with Crippen molar-refractivity contribution in [2.24, 2.45) is 5.10 Å². The van der Waals surface area contributed by atoms with Gasteiger partial charge in [0.2, 0.25) is 0 Å². The largest absolute Gasteiger partial charge is 0.493 e. The number of hydrazone groups is 1. The molecule has 0 aliphatic rings. The fourth-order valence-corrected chi connectivity index (χ4v) is 3.12. The first-order valence-corrected chi connectivity index (χ1v) is 9.12. The smallest absolute Gasteiger partial charge is 0.307 e. The third-order valence-electron chi connectivity index (χ3n) is 4.51. The van der Waals surface area contributed by atoms with E-state index in [0.717, 1.165) is 16.2 Å². The average molecular weight is 399 g/mol. The molecule has 1 amide bonds. The molecule has 4 aromatic rings. The number of methoxy groups -OCH3 is 1. The van der Waals surface area contributed by atoms with E-state index >= 15 is 0 Å². The van der Waals surface area contributed by atoms with Crippen molar-refractivity contribution in [3.63, 3.8) is 0 Å². The number of nitrogens with one attached hydrogen (secondary N) is 1. The standard InChI is InChI=1S/C23H17N3O4/c1-28-21-12-15(6-8-20(21)29-11-10-24)14-25-26-23(27)22-13-18-17-5-3-2-4-16(17)7-9-19(18)30-22/h2-9,12-14H,11H2,1H3,(H,26,27)/b25-14+. The number of nitriles is 1. The Balaban J connectivity index is 1.50. The third kappa shape index (κ3) is 3.80. The molecule has 0 bridgehead atoms. The van der Waals surface area contributed by atoms with E-state index in [0.29, 0.717) is 22.6 Å². The molecular formula is C23H17N3O4. The maximum Gasteiger partial charge on any atom is 0.307 e. The Morgan fingerprint density at radius 1 is 1.13 bits per heavy atom. The van der Waals surface area contributed by atoms with Gasteiger partial charge >= 0.3 is 5.91 Å². The van der Waals surface area contributed by atoms with Crippen molar-refractivity contribution >= 4 is 33.9 Å². The zero-order valence-corrected chi connectivity index (χ0v) is 16.1. The van der Waals surface area contributed by atoms with Crippen molar-refractivity contribution in [3.8, 4) is 17.6 Å². The maximum atomic E-state index is 12.4. The number of hydrogen-bond acceptors (Lipinski definition) is 6. The number of benzene rings is 3. The molecule has 1 N–H and O–H groups in total. The van der Waals surface area contributed by atoms with Gasteiger partial charge in [-0.05, 0) is 46.7 Å². The minimum Gasteiger partial charge on any atom is -0.493 e. The number of hydrogen-bond donors (Lipinski definition) is 1. The molecule has 1 heterocycles. The van der Waals surface area contributed by atoms with E-state index in [1.54, 1.807) is 24.3 Å². The minimum absolute atomic E-state index is 0.0767. The summed E-state index contributed by atoms with van der Waals surface area (Å²) in [6, 6.07) is 20.4. The van der Waals surface area contributed by atoms with Crippen molar-refractivity contribution in [1.82, 2.24) is 5.43 Å². The Bertz CT molecular complexity index is 1300. The summed E-state index contributed by atoms with van der Waals surface area (Å²) in [5.41, 5.74) is 3.79. The average Bonchev–Trinajstić information content (AvgIpc) is 3.23. The topological polar surface area (TPSA) is 96.8 Å². The van der Waals surface area contributed by atoms with Gasteiger partial charge in [0.1, 0.15) is 11.7 Å². The minimum atomic E-state index is -0.451. The van der Waals surface area contributed by atoms with Crippen LogP contribution in [0.3, 0.4) is 0 Å². The van der Waals surface area contributed by atoms with Crippen LogP contribution in [-0.2, 0) is 0 Å². The predicted octanol–water partition coefficient (Wildman–Crippen LogP) is 4.26. The number of furan rings is 1. The van der Waals surface area contributed by atoms with E-state index in [-0.39, 0.29) is 12.4 Å². The van der Waals surface area contributed by atoms with Crippen molar-refractivity contribution < 1.29 is 18.7 Å². The molecule has 0 radical (unpaired) electrons. The lowest BCUT2D eigenvalue weighted by atomic mass is 10.1. The highest BCUT2D eigenvalue weighted by molar-refractivity contribution is 6.08. The number of rotatable bonds is 6. The Kier molecular flexibility index (Phi) is 5.31. The molecule has 0 atom stereocenters. The van der Waals surface area contributed by atoms with E-state index in [9.17, 15) is 4.79 Å². The molecule has 148 valence electrons. The number of carbonyl (C=O) groups is 1. The fraction of sp³-hybridized carbons (Fsp3) is 0.0870. The van der Waals surface area contributed by atoms with Gasteiger partial charge < -0.3 is 13.9 Å². The summed E-state index contributed by atoms with van der Waals surface area (Å²) in [7, 11) is 1.50. The maximum absolute atomic E-state index is 12.4. The Morgan fingerprint density at radius 2 is 2.00 bits per heavy atom. The summed E-state index contributed by atoms with van der Waals surface area (Å²) >= 11 is 0. The second-order valence-corrected chi connectivity index (χ2v) is 6.37. The Hall–Kier alpha value is -4.31. The van der Waals surface area contributed by atoms with Crippen LogP contribution in [0.5, 0.6) is 11.5 Å². The monoisotopic (exact) mass is 399 g/mol.